The summed E-state index contributed by atoms with van der Waals surface area (Å²) >= 11 is 6.53. The van der Waals surface area contributed by atoms with Crippen molar-refractivity contribution < 1.29 is 14.6 Å². The van der Waals surface area contributed by atoms with Gasteiger partial charge in [-0.25, -0.2) is 4.79 Å². The van der Waals surface area contributed by atoms with Crippen LogP contribution in [0.5, 0.6) is 5.75 Å². The van der Waals surface area contributed by atoms with Crippen molar-refractivity contribution in [2.45, 2.75) is 52.1 Å². The van der Waals surface area contributed by atoms with E-state index in [1.54, 1.807) is 12.1 Å². The second-order valence-corrected chi connectivity index (χ2v) is 8.80. The predicted molar refractivity (Wildman–Crippen MR) is 119 cm³/mol. The van der Waals surface area contributed by atoms with Crippen molar-refractivity contribution in [2.24, 2.45) is 0 Å². The Bertz CT molecular complexity index is 1100. The van der Waals surface area contributed by atoms with E-state index in [9.17, 15) is 9.90 Å². The van der Waals surface area contributed by atoms with Gasteiger partial charge in [-0.15, -0.1) is 0 Å². The van der Waals surface area contributed by atoms with Crippen LogP contribution in [0.4, 0.5) is 0 Å². The smallest absolute Gasteiger partial charge is 0.330 e. The lowest BCUT2D eigenvalue weighted by atomic mass is 9.82. The van der Waals surface area contributed by atoms with E-state index in [0.717, 1.165) is 17.2 Å². The van der Waals surface area contributed by atoms with Gasteiger partial charge in [0.15, 0.2) is 0 Å². The van der Waals surface area contributed by atoms with Gasteiger partial charge >= 0.3 is 5.97 Å². The molecule has 0 radical (unpaired) electrons. The maximum atomic E-state index is 11.4. The second kappa shape index (κ2) is 8.48. The number of halogens is 1. The van der Waals surface area contributed by atoms with E-state index in [1.165, 1.54) is 0 Å². The fourth-order valence-electron chi connectivity index (χ4n) is 3.42. The zero-order valence-corrected chi connectivity index (χ0v) is 18.4. The lowest BCUT2D eigenvalue weighted by Gasteiger charge is -2.24. The third kappa shape index (κ3) is 4.49. The number of phenols is 1. The van der Waals surface area contributed by atoms with E-state index in [1.807, 2.05) is 39.8 Å². The van der Waals surface area contributed by atoms with Crippen LogP contribution in [0.15, 0.2) is 36.9 Å². The number of hydrogen-bond donors (Lipinski definition) is 2. The van der Waals surface area contributed by atoms with Gasteiger partial charge in [0, 0.05) is 22.8 Å². The van der Waals surface area contributed by atoms with Crippen molar-refractivity contribution in [3.63, 3.8) is 0 Å². The molecule has 6 nitrogen and oxygen atoms in total. The quantitative estimate of drug-likeness (QED) is 0.410. The van der Waals surface area contributed by atoms with Crippen LogP contribution in [-0.2, 0) is 21.4 Å². The van der Waals surface area contributed by atoms with Crippen molar-refractivity contribution in [3.8, 4) is 16.9 Å². The minimum Gasteiger partial charge on any atom is -0.507 e. The van der Waals surface area contributed by atoms with Crippen molar-refractivity contribution in [1.29, 1.82) is 0 Å². The summed E-state index contributed by atoms with van der Waals surface area (Å²) in [5.41, 5.74) is 4.04. The molecule has 2 aromatic carbocycles. The Hall–Kier alpha value is -2.86. The van der Waals surface area contributed by atoms with Crippen LogP contribution >= 0.6 is 11.6 Å². The topological polar surface area (TPSA) is 88.1 Å². The Morgan fingerprint density at radius 2 is 2.07 bits per heavy atom. The average molecular weight is 428 g/mol. The van der Waals surface area contributed by atoms with Crippen LogP contribution in [0.25, 0.3) is 22.2 Å². The van der Waals surface area contributed by atoms with Crippen LogP contribution in [0.3, 0.4) is 0 Å². The predicted octanol–water partition coefficient (Wildman–Crippen LogP) is 5.33. The number of nitrogens with zero attached hydrogens (tertiary/aromatic N) is 2. The first-order valence-corrected chi connectivity index (χ1v) is 10.2. The van der Waals surface area contributed by atoms with Gasteiger partial charge in [-0.1, -0.05) is 45.0 Å². The van der Waals surface area contributed by atoms with Crippen molar-refractivity contribution in [3.05, 3.63) is 53.1 Å². The standard InChI is InChI=1S/C23H26ClN3O3/c1-6-19(28)30-13(2)7-8-14-11-15(22(29)16(12-14)23(3,4)5)20-17(24)9-10-18-21(20)26-27-25-18/h6,9-13,29H,1,7-8H2,2-5H3,(H,25,26,27). The largest absolute Gasteiger partial charge is 0.507 e. The maximum Gasteiger partial charge on any atom is 0.330 e. The van der Waals surface area contributed by atoms with Crippen LogP contribution in [0.2, 0.25) is 5.02 Å². The second-order valence-electron chi connectivity index (χ2n) is 8.39. The number of carbonyl (C=O) groups is 1. The van der Waals surface area contributed by atoms with Crippen molar-refractivity contribution >= 4 is 28.6 Å². The summed E-state index contributed by atoms with van der Waals surface area (Å²) in [5, 5.41) is 22.6. The van der Waals surface area contributed by atoms with Crippen molar-refractivity contribution in [2.75, 3.05) is 0 Å². The summed E-state index contributed by atoms with van der Waals surface area (Å²) in [7, 11) is 0. The van der Waals surface area contributed by atoms with Gasteiger partial charge in [0.05, 0.1) is 11.1 Å². The Morgan fingerprint density at radius 1 is 1.33 bits per heavy atom. The number of aromatic amines is 1. The molecule has 2 N–H and O–H groups in total. The third-order valence-electron chi connectivity index (χ3n) is 5.01. The minimum atomic E-state index is -0.436. The molecule has 0 fully saturated rings. The number of carbonyl (C=O) groups excluding carboxylic acids is 1. The van der Waals surface area contributed by atoms with Crippen LogP contribution in [0, 0.1) is 0 Å². The highest BCUT2D eigenvalue weighted by molar-refractivity contribution is 6.35. The Morgan fingerprint density at radius 3 is 2.73 bits per heavy atom. The van der Waals surface area contributed by atoms with Crippen LogP contribution < -0.4 is 0 Å². The van der Waals surface area contributed by atoms with E-state index in [2.05, 4.69) is 22.0 Å². The van der Waals surface area contributed by atoms with Gasteiger partial charge < -0.3 is 9.84 Å². The summed E-state index contributed by atoms with van der Waals surface area (Å²) in [6, 6.07) is 7.45. The minimum absolute atomic E-state index is 0.176. The van der Waals surface area contributed by atoms with E-state index in [0.29, 0.717) is 40.0 Å². The number of hydrogen-bond acceptors (Lipinski definition) is 5. The number of esters is 1. The molecule has 0 spiro atoms. The highest BCUT2D eigenvalue weighted by atomic mass is 35.5. The van der Waals surface area contributed by atoms with Gasteiger partial charge in [0.25, 0.3) is 0 Å². The lowest BCUT2D eigenvalue weighted by molar-refractivity contribution is -0.142. The lowest BCUT2D eigenvalue weighted by Crippen LogP contribution is -2.15. The molecule has 0 aliphatic heterocycles. The molecule has 1 aromatic heterocycles. The highest BCUT2D eigenvalue weighted by Crippen LogP contribution is 2.44. The molecular formula is C23H26ClN3O3. The molecule has 1 heterocycles. The van der Waals surface area contributed by atoms with Crippen LogP contribution in [0.1, 0.15) is 45.2 Å². The number of nitrogens with one attached hydrogen (secondary N) is 1. The van der Waals surface area contributed by atoms with Gasteiger partial charge in [-0.3, -0.25) is 0 Å². The molecule has 3 rings (SSSR count). The monoisotopic (exact) mass is 427 g/mol. The molecule has 0 aliphatic rings. The summed E-state index contributed by atoms with van der Waals surface area (Å²) in [6.45, 7) is 11.4. The number of fused-ring (bicyclic) bond motifs is 1. The number of aromatic nitrogens is 3. The fourth-order valence-corrected chi connectivity index (χ4v) is 3.67. The molecule has 7 heteroatoms. The number of aryl methyl sites for hydroxylation is 1. The first-order chi connectivity index (χ1) is 14.1. The van der Waals surface area contributed by atoms with Crippen molar-refractivity contribution in [1.82, 2.24) is 15.4 Å². The molecule has 3 aromatic rings. The zero-order chi connectivity index (χ0) is 22.1. The summed E-state index contributed by atoms with van der Waals surface area (Å²) in [5.74, 6) is -0.261. The highest BCUT2D eigenvalue weighted by Gasteiger charge is 2.24. The molecule has 0 amide bonds. The molecule has 30 heavy (non-hydrogen) atoms. The molecule has 158 valence electrons. The molecule has 0 bridgehead atoms. The number of ether oxygens (including phenoxy) is 1. The average Bonchev–Trinajstić information content (AvgIpc) is 3.15. The zero-order valence-electron chi connectivity index (χ0n) is 17.6. The molecule has 0 aliphatic carbocycles. The van der Waals surface area contributed by atoms with E-state index in [-0.39, 0.29) is 17.3 Å². The van der Waals surface area contributed by atoms with Gasteiger partial charge in [-0.05, 0) is 48.9 Å². The Labute approximate surface area is 180 Å². The van der Waals surface area contributed by atoms with Gasteiger partial charge in [0.1, 0.15) is 16.8 Å². The van der Waals surface area contributed by atoms with E-state index < -0.39 is 5.97 Å². The number of rotatable bonds is 6. The fraction of sp³-hybridized carbons (Fsp3) is 0.348. The summed E-state index contributed by atoms with van der Waals surface area (Å²) in [6.07, 6.45) is 2.20. The first-order valence-electron chi connectivity index (χ1n) is 9.80. The SMILES string of the molecule is C=CC(=O)OC(C)CCc1cc(-c2c(Cl)ccc3n[nH]nc23)c(O)c(C(C)(C)C)c1. The number of phenolic OH excluding ortho intramolecular Hbond substituents is 1. The third-order valence-corrected chi connectivity index (χ3v) is 5.32. The van der Waals surface area contributed by atoms with Crippen LogP contribution in [-0.4, -0.2) is 32.6 Å². The van der Waals surface area contributed by atoms with Gasteiger partial charge in [0.2, 0.25) is 0 Å². The van der Waals surface area contributed by atoms with Gasteiger partial charge in [-0.2, -0.15) is 15.4 Å². The number of H-pyrrole nitrogens is 1. The molecule has 1 atom stereocenters. The Balaban J connectivity index is 2.08. The first kappa shape index (κ1) is 21.8. The van der Waals surface area contributed by atoms with E-state index >= 15 is 0 Å². The maximum absolute atomic E-state index is 11.4. The normalized spacial score (nSPS) is 12.7. The Kier molecular flexibility index (Phi) is 6.17. The molecule has 0 saturated carbocycles. The molecule has 0 saturated heterocycles. The molecule has 1 unspecified atom stereocenters. The summed E-state index contributed by atoms with van der Waals surface area (Å²) < 4.78 is 5.27. The number of benzene rings is 2. The van der Waals surface area contributed by atoms with E-state index in [4.69, 9.17) is 16.3 Å². The summed E-state index contributed by atoms with van der Waals surface area (Å²) in [4.78, 5) is 11.4. The molecular weight excluding hydrogens is 402 g/mol. The number of aromatic hydroxyl groups is 1.